The van der Waals surface area contributed by atoms with Gasteiger partial charge in [-0.25, -0.2) is 0 Å². The van der Waals surface area contributed by atoms with Crippen molar-refractivity contribution in [1.29, 1.82) is 0 Å². The molecule has 13 heavy (non-hydrogen) atoms. The molecule has 0 amide bonds. The maximum atomic E-state index is 8.92. The van der Waals surface area contributed by atoms with Gasteiger partial charge < -0.3 is 14.8 Å². The molecule has 0 spiro atoms. The lowest BCUT2D eigenvalue weighted by Gasteiger charge is -2.10. The molecule has 0 saturated carbocycles. The highest BCUT2D eigenvalue weighted by Crippen LogP contribution is 2.13. The van der Waals surface area contributed by atoms with Gasteiger partial charge in [-0.15, -0.1) is 0 Å². The maximum absolute atomic E-state index is 8.92. The number of methoxy groups -OCH3 is 1. The van der Waals surface area contributed by atoms with Gasteiger partial charge in [-0.3, -0.25) is 0 Å². The topological polar surface area (TPSA) is 49.7 Å². The first kappa shape index (κ1) is 10.2. The van der Waals surface area contributed by atoms with E-state index in [1.165, 1.54) is 0 Å². The number of ether oxygens (including phenoxy) is 1. The summed E-state index contributed by atoms with van der Waals surface area (Å²) in [6.07, 6.45) is -0.0290. The van der Waals surface area contributed by atoms with Gasteiger partial charge in [0, 0.05) is 7.11 Å². The third-order valence-electron chi connectivity index (χ3n) is 2.03. The smallest absolute Gasteiger partial charge is 0.423 e. The number of benzene rings is 1. The number of hydrogen-bond acceptors (Lipinski definition) is 3. The molecule has 1 rings (SSSR count). The molecule has 0 bridgehead atoms. The number of hydrogen-bond donors (Lipinski definition) is 2. The second-order valence-corrected chi connectivity index (χ2v) is 2.92. The zero-order valence-corrected chi connectivity index (χ0v) is 7.77. The van der Waals surface area contributed by atoms with Crippen molar-refractivity contribution in [3.63, 3.8) is 0 Å². The maximum Gasteiger partial charge on any atom is 0.488 e. The molecule has 4 heteroatoms. The van der Waals surface area contributed by atoms with Crippen LogP contribution in [0.2, 0.25) is 0 Å². The summed E-state index contributed by atoms with van der Waals surface area (Å²) >= 11 is 0. The van der Waals surface area contributed by atoms with Crippen molar-refractivity contribution in [3.05, 3.63) is 29.8 Å². The second kappa shape index (κ2) is 4.41. The van der Waals surface area contributed by atoms with Gasteiger partial charge in [-0.2, -0.15) is 0 Å². The molecule has 3 nitrogen and oxygen atoms in total. The van der Waals surface area contributed by atoms with Gasteiger partial charge in [0.25, 0.3) is 0 Å². The summed E-state index contributed by atoms with van der Waals surface area (Å²) in [4.78, 5) is 0. The first-order valence-electron chi connectivity index (χ1n) is 4.14. The van der Waals surface area contributed by atoms with Crippen LogP contribution in [0.15, 0.2) is 24.3 Å². The normalized spacial score (nSPS) is 12.6. The Kier molecular flexibility index (Phi) is 3.48. The van der Waals surface area contributed by atoms with Crippen molar-refractivity contribution in [2.75, 3.05) is 7.11 Å². The summed E-state index contributed by atoms with van der Waals surface area (Å²) < 4.78 is 5.11. The lowest BCUT2D eigenvalue weighted by Crippen LogP contribution is -2.30. The molecule has 0 unspecified atom stereocenters. The summed E-state index contributed by atoms with van der Waals surface area (Å²) in [5, 5.41) is 17.8. The van der Waals surface area contributed by atoms with Crippen molar-refractivity contribution >= 4 is 12.6 Å². The molecule has 0 aliphatic rings. The molecule has 0 fully saturated rings. The van der Waals surface area contributed by atoms with Gasteiger partial charge >= 0.3 is 7.12 Å². The largest absolute Gasteiger partial charge is 0.488 e. The third kappa shape index (κ3) is 2.55. The Morgan fingerprint density at radius 3 is 2.62 bits per heavy atom. The molecule has 0 aromatic heterocycles. The molecular formula is C9H13BO3. The zero-order valence-electron chi connectivity index (χ0n) is 7.77. The predicted molar refractivity (Wildman–Crippen MR) is 51.7 cm³/mol. The Hall–Kier alpha value is -0.835. The van der Waals surface area contributed by atoms with E-state index in [2.05, 4.69) is 0 Å². The summed E-state index contributed by atoms with van der Waals surface area (Å²) in [5.74, 6) is 0. The Balaban J connectivity index is 2.91. The predicted octanol–water partition coefficient (Wildman–Crippen LogP) is 0.0738. The summed E-state index contributed by atoms with van der Waals surface area (Å²) in [6.45, 7) is 1.91. The van der Waals surface area contributed by atoms with E-state index in [1.807, 2.05) is 13.0 Å². The lowest BCUT2D eigenvalue weighted by molar-refractivity contribution is 0.119. The van der Waals surface area contributed by atoms with Crippen molar-refractivity contribution in [2.24, 2.45) is 0 Å². The van der Waals surface area contributed by atoms with Gasteiger partial charge in [0.2, 0.25) is 0 Å². The Morgan fingerprint density at radius 2 is 2.08 bits per heavy atom. The molecule has 1 aromatic rings. The van der Waals surface area contributed by atoms with Crippen molar-refractivity contribution in [3.8, 4) is 0 Å². The van der Waals surface area contributed by atoms with Crippen molar-refractivity contribution in [1.82, 2.24) is 0 Å². The SMILES string of the molecule is CO[C@H](C)c1cccc(B(O)O)c1. The quantitative estimate of drug-likeness (QED) is 0.647. The van der Waals surface area contributed by atoms with Crippen LogP contribution in [0.4, 0.5) is 0 Å². The minimum Gasteiger partial charge on any atom is -0.423 e. The molecule has 0 saturated heterocycles. The summed E-state index contributed by atoms with van der Waals surface area (Å²) in [7, 11) is 0.205. The Labute approximate surface area is 78.1 Å². The molecular weight excluding hydrogens is 167 g/mol. The second-order valence-electron chi connectivity index (χ2n) is 2.92. The fraction of sp³-hybridized carbons (Fsp3) is 0.333. The average Bonchev–Trinajstić information content (AvgIpc) is 2.17. The van der Waals surface area contributed by atoms with E-state index in [0.29, 0.717) is 5.46 Å². The Bertz CT molecular complexity index is 275. The van der Waals surface area contributed by atoms with Crippen LogP contribution in [0.25, 0.3) is 0 Å². The van der Waals surface area contributed by atoms with Crippen molar-refractivity contribution in [2.45, 2.75) is 13.0 Å². The first-order chi connectivity index (χ1) is 6.15. The van der Waals surface area contributed by atoms with Crippen LogP contribution in [0.1, 0.15) is 18.6 Å². The minimum atomic E-state index is -1.41. The van der Waals surface area contributed by atoms with Crippen LogP contribution in [0.3, 0.4) is 0 Å². The fourth-order valence-electron chi connectivity index (χ4n) is 1.11. The van der Waals surface area contributed by atoms with Crippen molar-refractivity contribution < 1.29 is 14.8 Å². The molecule has 2 N–H and O–H groups in total. The van der Waals surface area contributed by atoms with Crippen LogP contribution in [0, 0.1) is 0 Å². The van der Waals surface area contributed by atoms with Gasteiger partial charge in [0.1, 0.15) is 0 Å². The summed E-state index contributed by atoms with van der Waals surface area (Å²) in [6, 6.07) is 7.05. The molecule has 0 aliphatic heterocycles. The van der Waals surface area contributed by atoms with E-state index in [-0.39, 0.29) is 6.10 Å². The highest BCUT2D eigenvalue weighted by atomic mass is 16.5. The molecule has 0 heterocycles. The highest BCUT2D eigenvalue weighted by molar-refractivity contribution is 6.58. The van der Waals surface area contributed by atoms with Gasteiger partial charge in [0.05, 0.1) is 6.10 Å². The zero-order chi connectivity index (χ0) is 9.84. The standard InChI is InChI=1S/C9H13BO3/c1-7(13-2)8-4-3-5-9(6-8)10(11)12/h3-7,11-12H,1-2H3/t7-/m1/s1. The summed E-state index contributed by atoms with van der Waals surface area (Å²) in [5.41, 5.74) is 1.43. The van der Waals surface area contributed by atoms with E-state index >= 15 is 0 Å². The van der Waals surface area contributed by atoms with Crippen LogP contribution < -0.4 is 5.46 Å². The molecule has 70 valence electrons. The third-order valence-corrected chi connectivity index (χ3v) is 2.03. The molecule has 0 radical (unpaired) electrons. The van der Waals surface area contributed by atoms with Gasteiger partial charge in [-0.1, -0.05) is 24.3 Å². The monoisotopic (exact) mass is 180 g/mol. The molecule has 1 atom stereocenters. The fourth-order valence-corrected chi connectivity index (χ4v) is 1.11. The van der Waals surface area contributed by atoms with Gasteiger partial charge in [-0.05, 0) is 17.9 Å². The Morgan fingerprint density at radius 1 is 1.38 bits per heavy atom. The van der Waals surface area contributed by atoms with Crippen LogP contribution >= 0.6 is 0 Å². The minimum absolute atomic E-state index is 0.0290. The van der Waals surface area contributed by atoms with E-state index < -0.39 is 7.12 Å². The van der Waals surface area contributed by atoms with Gasteiger partial charge in [0.15, 0.2) is 0 Å². The first-order valence-corrected chi connectivity index (χ1v) is 4.14. The van der Waals surface area contributed by atoms with E-state index in [0.717, 1.165) is 5.56 Å². The van der Waals surface area contributed by atoms with Crippen LogP contribution in [0.5, 0.6) is 0 Å². The lowest BCUT2D eigenvalue weighted by atomic mass is 9.79. The van der Waals surface area contributed by atoms with E-state index in [9.17, 15) is 0 Å². The van der Waals surface area contributed by atoms with E-state index in [1.54, 1.807) is 25.3 Å². The molecule has 1 aromatic carbocycles. The molecule has 0 aliphatic carbocycles. The van der Waals surface area contributed by atoms with Crippen LogP contribution in [-0.2, 0) is 4.74 Å². The number of rotatable bonds is 3. The average molecular weight is 180 g/mol. The van der Waals surface area contributed by atoms with E-state index in [4.69, 9.17) is 14.8 Å². The highest BCUT2D eigenvalue weighted by Gasteiger charge is 2.12. The van der Waals surface area contributed by atoms with Crippen LogP contribution in [-0.4, -0.2) is 24.3 Å².